The van der Waals surface area contributed by atoms with Gasteiger partial charge in [0.25, 0.3) is 0 Å². The molecule has 0 aliphatic heterocycles. The number of carboxylic acid groups (broad SMARTS) is 1. The summed E-state index contributed by atoms with van der Waals surface area (Å²) in [6, 6.07) is 0. The minimum absolute atomic E-state index is 0.0382. The van der Waals surface area contributed by atoms with E-state index in [1.807, 2.05) is 0 Å². The number of rotatable bonds is 3. The van der Waals surface area contributed by atoms with Crippen molar-refractivity contribution < 1.29 is 23.8 Å². The fourth-order valence-corrected chi connectivity index (χ4v) is 4.80. The number of aliphatic carboxylic acids is 1. The Hall–Kier alpha value is -0.463. The highest BCUT2D eigenvalue weighted by molar-refractivity contribution is 6.74. The lowest BCUT2D eigenvalue weighted by Gasteiger charge is -2.40. The van der Waals surface area contributed by atoms with Crippen LogP contribution in [0, 0.1) is 11.3 Å². The van der Waals surface area contributed by atoms with E-state index in [1.54, 1.807) is 6.92 Å². The summed E-state index contributed by atoms with van der Waals surface area (Å²) in [7, 11) is -2.13. The number of carboxylic acids is 1. The van der Waals surface area contributed by atoms with Crippen LogP contribution >= 0.6 is 0 Å². The molecule has 116 valence electrons. The number of carbonyl (C=O) groups is 1. The maximum absolute atomic E-state index is 14.7. The molecule has 2 rings (SSSR count). The number of alkyl halides is 1. The van der Waals surface area contributed by atoms with Gasteiger partial charge in [-0.2, -0.15) is 0 Å². The van der Waals surface area contributed by atoms with Crippen molar-refractivity contribution in [3.05, 3.63) is 0 Å². The molecule has 0 radical (unpaired) electrons. The molecule has 2 saturated carbocycles. The third-order valence-corrected chi connectivity index (χ3v) is 10.3. The molecule has 0 spiro atoms. The van der Waals surface area contributed by atoms with Crippen LogP contribution in [0.3, 0.4) is 0 Å². The van der Waals surface area contributed by atoms with Crippen LogP contribution in [0.25, 0.3) is 0 Å². The van der Waals surface area contributed by atoms with Crippen molar-refractivity contribution in [3.63, 3.8) is 0 Å². The van der Waals surface area contributed by atoms with Crippen molar-refractivity contribution in [3.8, 4) is 0 Å². The summed E-state index contributed by atoms with van der Waals surface area (Å²) in [5.74, 6) is -2.32. The molecule has 2 aliphatic carbocycles. The topological polar surface area (TPSA) is 66.8 Å². The van der Waals surface area contributed by atoms with Crippen LogP contribution in [0.4, 0.5) is 4.39 Å². The van der Waals surface area contributed by atoms with Crippen LogP contribution in [-0.4, -0.2) is 42.4 Å². The smallest absolute Gasteiger partial charge is 0.342 e. The molecule has 0 heterocycles. The standard InChI is InChI=1S/C14H25FO4Si/c1-12(2,3)20(5,6)19-9-7-8(16)10-13(9,4)14(10,15)11(17)18/h8-10,16H,7H2,1-6H3,(H,17,18)/t8-,9+,10+,13-,14-/m0/s1. The average Bonchev–Trinajstić information content (AvgIpc) is 2.64. The molecule has 2 N–H and O–H groups in total. The zero-order chi connectivity index (χ0) is 15.7. The Labute approximate surface area is 120 Å². The first kappa shape index (κ1) is 15.9. The molecule has 0 amide bonds. The Kier molecular flexibility index (Phi) is 3.22. The minimum atomic E-state index is -2.35. The largest absolute Gasteiger partial charge is 0.479 e. The maximum Gasteiger partial charge on any atom is 0.342 e. The summed E-state index contributed by atoms with van der Waals surface area (Å²) in [6.07, 6.45) is -1.13. The van der Waals surface area contributed by atoms with E-state index in [9.17, 15) is 14.3 Å². The molecule has 0 aromatic heterocycles. The molecule has 6 heteroatoms. The predicted octanol–water partition coefficient (Wildman–Crippen LogP) is 2.57. The Balaban J connectivity index is 2.26. The maximum atomic E-state index is 14.7. The third-order valence-electron chi connectivity index (χ3n) is 5.84. The van der Waals surface area contributed by atoms with E-state index >= 15 is 0 Å². The first-order valence-electron chi connectivity index (χ1n) is 7.08. The quantitative estimate of drug-likeness (QED) is 0.786. The van der Waals surface area contributed by atoms with Gasteiger partial charge in [0.15, 0.2) is 8.32 Å². The third kappa shape index (κ3) is 1.74. The fraction of sp³-hybridized carbons (Fsp3) is 0.929. The van der Waals surface area contributed by atoms with Crippen LogP contribution in [-0.2, 0) is 9.22 Å². The second-order valence-corrected chi connectivity index (χ2v) is 12.7. The van der Waals surface area contributed by atoms with Crippen LogP contribution in [0.2, 0.25) is 18.1 Å². The van der Waals surface area contributed by atoms with E-state index in [1.165, 1.54) is 0 Å². The number of aliphatic hydroxyl groups is 1. The fourth-order valence-electron chi connectivity index (χ4n) is 3.40. The Morgan fingerprint density at radius 3 is 2.25 bits per heavy atom. The number of aliphatic hydroxyl groups excluding tert-OH is 1. The lowest BCUT2D eigenvalue weighted by molar-refractivity contribution is -0.149. The van der Waals surface area contributed by atoms with Crippen molar-refractivity contribution in [1.82, 2.24) is 0 Å². The number of fused-ring (bicyclic) bond motifs is 1. The lowest BCUT2D eigenvalue weighted by Crippen LogP contribution is -2.47. The van der Waals surface area contributed by atoms with Gasteiger partial charge in [-0.15, -0.1) is 0 Å². The summed E-state index contributed by atoms with van der Waals surface area (Å²) < 4.78 is 20.9. The van der Waals surface area contributed by atoms with Gasteiger partial charge in [-0.05, 0) is 24.6 Å². The molecule has 0 saturated heterocycles. The van der Waals surface area contributed by atoms with Crippen LogP contribution < -0.4 is 0 Å². The zero-order valence-corrected chi connectivity index (χ0v) is 14.0. The highest BCUT2D eigenvalue weighted by atomic mass is 28.4. The van der Waals surface area contributed by atoms with Crippen molar-refractivity contribution in [2.75, 3.05) is 0 Å². The second kappa shape index (κ2) is 4.05. The monoisotopic (exact) mass is 304 g/mol. The molecule has 2 fully saturated rings. The summed E-state index contributed by atoms with van der Waals surface area (Å²) in [5.41, 5.74) is -3.45. The van der Waals surface area contributed by atoms with Gasteiger partial charge < -0.3 is 14.6 Å². The molecule has 0 bridgehead atoms. The lowest BCUT2D eigenvalue weighted by atomic mass is 9.97. The molecule has 0 unspecified atom stereocenters. The highest BCUT2D eigenvalue weighted by Crippen LogP contribution is 2.74. The Morgan fingerprint density at radius 1 is 1.40 bits per heavy atom. The molecular formula is C14H25FO4Si. The second-order valence-electron chi connectivity index (χ2n) is 7.95. The van der Waals surface area contributed by atoms with Crippen molar-refractivity contribution in [2.45, 2.75) is 70.1 Å². The number of hydrogen-bond donors (Lipinski definition) is 2. The first-order valence-corrected chi connectivity index (χ1v) is 9.99. The molecule has 0 aromatic carbocycles. The first-order chi connectivity index (χ1) is 8.80. The van der Waals surface area contributed by atoms with Gasteiger partial charge in [-0.1, -0.05) is 27.7 Å². The van der Waals surface area contributed by atoms with E-state index in [0.29, 0.717) is 6.42 Å². The molecular weight excluding hydrogens is 279 g/mol. The van der Waals surface area contributed by atoms with Gasteiger partial charge in [-0.25, -0.2) is 9.18 Å². The Bertz CT molecular complexity index is 447. The minimum Gasteiger partial charge on any atom is -0.479 e. The summed E-state index contributed by atoms with van der Waals surface area (Å²) in [5, 5.41) is 19.1. The van der Waals surface area contributed by atoms with Crippen LogP contribution in [0.1, 0.15) is 34.1 Å². The molecule has 2 aliphatic rings. The molecule has 5 atom stereocenters. The van der Waals surface area contributed by atoms with E-state index in [-0.39, 0.29) is 5.04 Å². The van der Waals surface area contributed by atoms with E-state index in [2.05, 4.69) is 33.9 Å². The number of halogens is 1. The predicted molar refractivity (Wildman–Crippen MR) is 75.8 cm³/mol. The average molecular weight is 304 g/mol. The van der Waals surface area contributed by atoms with Gasteiger partial charge in [0, 0.05) is 11.3 Å². The van der Waals surface area contributed by atoms with Crippen molar-refractivity contribution >= 4 is 14.3 Å². The van der Waals surface area contributed by atoms with Crippen molar-refractivity contribution in [1.29, 1.82) is 0 Å². The summed E-state index contributed by atoms with van der Waals surface area (Å²) >= 11 is 0. The van der Waals surface area contributed by atoms with Crippen molar-refractivity contribution in [2.24, 2.45) is 11.3 Å². The highest BCUT2D eigenvalue weighted by Gasteiger charge is 2.88. The van der Waals surface area contributed by atoms with Gasteiger partial charge in [0.2, 0.25) is 5.67 Å². The summed E-state index contributed by atoms with van der Waals surface area (Å²) in [6.45, 7) is 11.9. The van der Waals surface area contributed by atoms with Gasteiger partial charge >= 0.3 is 5.97 Å². The molecule has 20 heavy (non-hydrogen) atoms. The summed E-state index contributed by atoms with van der Waals surface area (Å²) in [4.78, 5) is 11.2. The van der Waals surface area contributed by atoms with E-state index < -0.39 is 43.5 Å². The van der Waals surface area contributed by atoms with Gasteiger partial charge in [-0.3, -0.25) is 0 Å². The normalized spacial score (nSPS) is 44.3. The van der Waals surface area contributed by atoms with E-state index in [0.717, 1.165) is 0 Å². The van der Waals surface area contributed by atoms with Crippen LogP contribution in [0.15, 0.2) is 0 Å². The SMILES string of the molecule is CC(C)(C)[Si](C)(C)O[C@@H]1C[C@H](O)[C@@H]2[C@@]1(C)[C@@]2(F)C(=O)O. The number of hydrogen-bond acceptors (Lipinski definition) is 3. The Morgan fingerprint density at radius 2 is 1.90 bits per heavy atom. The van der Waals surface area contributed by atoms with Gasteiger partial charge in [0.1, 0.15) is 0 Å². The van der Waals surface area contributed by atoms with Crippen LogP contribution in [0.5, 0.6) is 0 Å². The molecule has 4 nitrogen and oxygen atoms in total. The van der Waals surface area contributed by atoms with E-state index in [4.69, 9.17) is 9.53 Å². The zero-order valence-electron chi connectivity index (χ0n) is 13.0. The van der Waals surface area contributed by atoms with Gasteiger partial charge in [0.05, 0.1) is 12.2 Å². The molecule has 0 aromatic rings.